The van der Waals surface area contributed by atoms with E-state index in [1.54, 1.807) is 6.07 Å². The van der Waals surface area contributed by atoms with Crippen molar-refractivity contribution < 1.29 is 22.8 Å². The molecular weight excluding hydrogens is 265 g/mol. The molecule has 2 rings (SSSR count). The van der Waals surface area contributed by atoms with Crippen molar-refractivity contribution in [1.29, 1.82) is 0 Å². The van der Waals surface area contributed by atoms with E-state index in [9.17, 15) is 22.8 Å². The van der Waals surface area contributed by atoms with Gasteiger partial charge in [0.2, 0.25) is 5.78 Å². The molecule has 0 bridgehead atoms. The van der Waals surface area contributed by atoms with Crippen LogP contribution in [0.3, 0.4) is 0 Å². The fraction of sp³-hybridized carbons (Fsp3) is 0.167. The minimum absolute atomic E-state index is 0.0276. The van der Waals surface area contributed by atoms with Crippen molar-refractivity contribution in [2.75, 3.05) is 0 Å². The van der Waals surface area contributed by atoms with Gasteiger partial charge in [-0.25, -0.2) is 0 Å². The van der Waals surface area contributed by atoms with Crippen molar-refractivity contribution in [3.05, 3.63) is 45.9 Å². The number of halogens is 3. The van der Waals surface area contributed by atoms with Crippen LogP contribution in [0.2, 0.25) is 0 Å². The van der Waals surface area contributed by atoms with Gasteiger partial charge >= 0.3 is 5.51 Å². The molecule has 0 unspecified atom stereocenters. The lowest BCUT2D eigenvalue weighted by Gasteiger charge is -2.18. The van der Waals surface area contributed by atoms with E-state index < -0.39 is 33.7 Å². The van der Waals surface area contributed by atoms with E-state index in [-0.39, 0.29) is 16.7 Å². The van der Waals surface area contributed by atoms with Gasteiger partial charge in [0.1, 0.15) is 0 Å². The third kappa shape index (κ3) is 2.20. The van der Waals surface area contributed by atoms with E-state index >= 15 is 0 Å². The van der Waals surface area contributed by atoms with Gasteiger partial charge in [0.05, 0.1) is 4.91 Å². The number of hydrogen-bond donors (Lipinski definition) is 0. The summed E-state index contributed by atoms with van der Waals surface area (Å²) in [7, 11) is 0. The fourth-order valence-electron chi connectivity index (χ4n) is 1.72. The Kier molecular flexibility index (Phi) is 3.06. The van der Waals surface area contributed by atoms with Gasteiger partial charge in [0.15, 0.2) is 5.78 Å². The number of rotatable bonds is 1. The molecule has 18 heavy (non-hydrogen) atoms. The second-order valence-electron chi connectivity index (χ2n) is 3.71. The number of fused-ring (bicyclic) bond motifs is 1. The average Bonchev–Trinajstić information content (AvgIpc) is 2.31. The summed E-state index contributed by atoms with van der Waals surface area (Å²) in [5.74, 6) is -1.28. The SMILES string of the molecule is CC1=C(SC(F)(F)F)C(=O)c2ccccc2C1=O. The van der Waals surface area contributed by atoms with E-state index in [1.165, 1.54) is 25.1 Å². The Morgan fingerprint density at radius 1 is 1.00 bits per heavy atom. The summed E-state index contributed by atoms with van der Waals surface area (Å²) in [6.45, 7) is 1.24. The van der Waals surface area contributed by atoms with Gasteiger partial charge in [-0.05, 0) is 18.7 Å². The Labute approximate surface area is 105 Å². The Morgan fingerprint density at radius 3 is 2.00 bits per heavy atom. The molecule has 1 aliphatic carbocycles. The topological polar surface area (TPSA) is 34.1 Å². The van der Waals surface area contributed by atoms with Gasteiger partial charge in [0, 0.05) is 16.7 Å². The van der Waals surface area contributed by atoms with Crippen molar-refractivity contribution in [3.8, 4) is 0 Å². The number of carbonyl (C=O) groups excluding carboxylic acids is 2. The molecule has 94 valence electrons. The second-order valence-corrected chi connectivity index (χ2v) is 4.78. The Balaban J connectivity index is 2.53. The lowest BCUT2D eigenvalue weighted by atomic mass is 9.90. The smallest absolute Gasteiger partial charge is 0.289 e. The lowest BCUT2D eigenvalue weighted by molar-refractivity contribution is -0.0322. The van der Waals surface area contributed by atoms with Crippen molar-refractivity contribution >= 4 is 23.3 Å². The predicted octanol–water partition coefficient (Wildman–Crippen LogP) is 3.59. The third-order valence-electron chi connectivity index (χ3n) is 2.52. The molecule has 0 heterocycles. The largest absolute Gasteiger partial charge is 0.446 e. The number of benzene rings is 1. The normalized spacial score (nSPS) is 16.0. The highest BCUT2D eigenvalue weighted by atomic mass is 32.2. The zero-order chi connectivity index (χ0) is 13.5. The summed E-state index contributed by atoms with van der Waals surface area (Å²) in [6, 6.07) is 5.88. The molecule has 0 fully saturated rings. The first-order valence-electron chi connectivity index (χ1n) is 4.96. The molecule has 0 saturated carbocycles. The van der Waals surface area contributed by atoms with E-state index in [1.807, 2.05) is 0 Å². The zero-order valence-electron chi connectivity index (χ0n) is 9.17. The van der Waals surface area contributed by atoms with Crippen LogP contribution in [0, 0.1) is 0 Å². The molecule has 0 amide bonds. The van der Waals surface area contributed by atoms with E-state index in [0.29, 0.717) is 0 Å². The maximum absolute atomic E-state index is 12.4. The molecular formula is C12H7F3O2S. The van der Waals surface area contributed by atoms with Crippen LogP contribution in [0.15, 0.2) is 34.7 Å². The van der Waals surface area contributed by atoms with Crippen LogP contribution in [-0.2, 0) is 0 Å². The Hall–Kier alpha value is -1.56. The maximum atomic E-state index is 12.4. The van der Waals surface area contributed by atoms with E-state index in [2.05, 4.69) is 0 Å². The number of allylic oxidation sites excluding steroid dienone is 2. The highest BCUT2D eigenvalue weighted by Gasteiger charge is 2.38. The van der Waals surface area contributed by atoms with E-state index in [0.717, 1.165) is 0 Å². The van der Waals surface area contributed by atoms with Crippen LogP contribution in [0.5, 0.6) is 0 Å². The quantitative estimate of drug-likeness (QED) is 0.783. The zero-order valence-corrected chi connectivity index (χ0v) is 9.98. The van der Waals surface area contributed by atoms with Crippen molar-refractivity contribution in [1.82, 2.24) is 0 Å². The summed E-state index contributed by atoms with van der Waals surface area (Å²) < 4.78 is 37.1. The Morgan fingerprint density at radius 2 is 1.50 bits per heavy atom. The number of alkyl halides is 3. The van der Waals surface area contributed by atoms with Gasteiger partial charge in [-0.15, -0.1) is 0 Å². The number of thioether (sulfide) groups is 1. The highest BCUT2D eigenvalue weighted by molar-refractivity contribution is 8.04. The molecule has 0 N–H and O–H groups in total. The molecule has 0 radical (unpaired) electrons. The average molecular weight is 272 g/mol. The fourth-order valence-corrected chi connectivity index (χ4v) is 2.40. The number of hydrogen-bond acceptors (Lipinski definition) is 3. The number of ketones is 2. The minimum atomic E-state index is -4.58. The third-order valence-corrected chi connectivity index (χ3v) is 3.45. The minimum Gasteiger partial charge on any atom is -0.289 e. The van der Waals surface area contributed by atoms with Crippen LogP contribution in [-0.4, -0.2) is 17.1 Å². The summed E-state index contributed by atoms with van der Waals surface area (Å²) in [6.07, 6.45) is 0. The van der Waals surface area contributed by atoms with Crippen LogP contribution >= 0.6 is 11.8 Å². The lowest BCUT2D eigenvalue weighted by Crippen LogP contribution is -2.21. The first-order chi connectivity index (χ1) is 8.31. The Bertz CT molecular complexity index is 573. The van der Waals surface area contributed by atoms with Gasteiger partial charge in [-0.1, -0.05) is 24.3 Å². The number of Topliss-reactive ketones (excluding diaryl/α,β-unsaturated/α-hetero) is 2. The number of carbonyl (C=O) groups is 2. The molecule has 1 aromatic carbocycles. The monoisotopic (exact) mass is 272 g/mol. The molecule has 2 nitrogen and oxygen atoms in total. The molecule has 0 saturated heterocycles. The van der Waals surface area contributed by atoms with Crippen molar-refractivity contribution in [3.63, 3.8) is 0 Å². The summed E-state index contributed by atoms with van der Waals surface area (Å²) in [5, 5.41) is 0. The molecule has 1 aliphatic rings. The molecule has 0 spiro atoms. The van der Waals surface area contributed by atoms with E-state index in [4.69, 9.17) is 0 Å². The second kappa shape index (κ2) is 4.28. The van der Waals surface area contributed by atoms with Crippen molar-refractivity contribution in [2.24, 2.45) is 0 Å². The van der Waals surface area contributed by atoms with Crippen LogP contribution < -0.4 is 0 Å². The molecule has 0 aromatic heterocycles. The maximum Gasteiger partial charge on any atom is 0.446 e. The standard InChI is InChI=1S/C12H7F3O2S/c1-6-9(16)7-4-2-3-5-8(7)10(17)11(6)18-12(13,14)15/h2-5H,1H3. The molecule has 1 aromatic rings. The van der Waals surface area contributed by atoms with Gasteiger partial charge in [0.25, 0.3) is 0 Å². The van der Waals surface area contributed by atoms with Gasteiger partial charge in [-0.3, -0.25) is 9.59 Å². The van der Waals surface area contributed by atoms with Gasteiger partial charge < -0.3 is 0 Å². The summed E-state index contributed by atoms with van der Waals surface area (Å²) in [5.41, 5.74) is -4.55. The molecule has 6 heteroatoms. The summed E-state index contributed by atoms with van der Waals surface area (Å²) >= 11 is -0.530. The molecule has 0 aliphatic heterocycles. The van der Waals surface area contributed by atoms with Crippen LogP contribution in [0.1, 0.15) is 27.6 Å². The van der Waals surface area contributed by atoms with Crippen LogP contribution in [0.25, 0.3) is 0 Å². The summed E-state index contributed by atoms with van der Waals surface area (Å²) in [4.78, 5) is 23.3. The van der Waals surface area contributed by atoms with Gasteiger partial charge in [-0.2, -0.15) is 13.2 Å². The van der Waals surface area contributed by atoms with Crippen molar-refractivity contribution in [2.45, 2.75) is 12.4 Å². The van der Waals surface area contributed by atoms with Crippen LogP contribution in [0.4, 0.5) is 13.2 Å². The first-order valence-corrected chi connectivity index (χ1v) is 5.78. The highest BCUT2D eigenvalue weighted by Crippen LogP contribution is 2.41. The first kappa shape index (κ1) is 12.9. The molecule has 0 atom stereocenters. The predicted molar refractivity (Wildman–Crippen MR) is 61.4 cm³/mol.